The Morgan fingerprint density at radius 3 is 2.49 bits per heavy atom. The molecule has 9 heteroatoms. The molecule has 35 heavy (non-hydrogen) atoms. The van der Waals surface area contributed by atoms with Crippen molar-refractivity contribution in [2.75, 3.05) is 19.8 Å². The number of hydrogen-bond acceptors (Lipinski definition) is 7. The molecule has 2 N–H and O–H groups in total. The summed E-state index contributed by atoms with van der Waals surface area (Å²) < 4.78 is 16.8. The van der Waals surface area contributed by atoms with Crippen molar-refractivity contribution >= 4 is 11.8 Å². The minimum atomic E-state index is -0.583. The van der Waals surface area contributed by atoms with Crippen molar-refractivity contribution in [3.8, 4) is 11.5 Å². The number of hydrogen-bond donors (Lipinski definition) is 2. The van der Waals surface area contributed by atoms with E-state index in [2.05, 4.69) is 34.6 Å². The number of carbonyl (C=O) groups is 2. The van der Waals surface area contributed by atoms with E-state index in [-0.39, 0.29) is 23.7 Å². The van der Waals surface area contributed by atoms with Gasteiger partial charge in [0.15, 0.2) is 17.3 Å². The molecule has 0 spiro atoms. The second-order valence-corrected chi connectivity index (χ2v) is 10.2. The molecule has 2 amide bonds. The van der Waals surface area contributed by atoms with Crippen LogP contribution in [0.2, 0.25) is 0 Å². The first-order chi connectivity index (χ1) is 16.8. The first-order valence-electron chi connectivity index (χ1n) is 12.6. The smallest absolute Gasteiger partial charge is 0.227 e. The number of aryl methyl sites for hydroxylation is 1. The summed E-state index contributed by atoms with van der Waals surface area (Å²) in [5, 5.41) is 10.3. The van der Waals surface area contributed by atoms with Crippen LogP contribution in [0.25, 0.3) is 0 Å². The van der Waals surface area contributed by atoms with Crippen LogP contribution in [0.5, 0.6) is 11.5 Å². The van der Waals surface area contributed by atoms with Gasteiger partial charge in [0.25, 0.3) is 0 Å². The normalized spacial score (nSPS) is 17.3. The van der Waals surface area contributed by atoms with Gasteiger partial charge < -0.3 is 24.6 Å². The van der Waals surface area contributed by atoms with Crippen LogP contribution in [-0.2, 0) is 27.0 Å². The third-order valence-corrected chi connectivity index (χ3v) is 6.89. The maximum atomic E-state index is 12.6. The van der Waals surface area contributed by atoms with Gasteiger partial charge in [0, 0.05) is 31.7 Å². The van der Waals surface area contributed by atoms with E-state index >= 15 is 0 Å². The monoisotopic (exact) mass is 484 g/mol. The van der Waals surface area contributed by atoms with Crippen LogP contribution >= 0.6 is 0 Å². The molecule has 1 aromatic heterocycles. The lowest BCUT2D eigenvalue weighted by Crippen LogP contribution is -2.45. The van der Waals surface area contributed by atoms with Gasteiger partial charge in [0.1, 0.15) is 18.8 Å². The topological polar surface area (TPSA) is 116 Å². The summed E-state index contributed by atoms with van der Waals surface area (Å²) >= 11 is 0. The van der Waals surface area contributed by atoms with Crippen LogP contribution in [0, 0.1) is 0 Å². The highest BCUT2D eigenvalue weighted by Gasteiger charge is 2.38. The summed E-state index contributed by atoms with van der Waals surface area (Å²) in [5.41, 5.74) is 0.197. The highest BCUT2D eigenvalue weighted by Crippen LogP contribution is 2.36. The number of ether oxygens (including phenoxy) is 2. The Morgan fingerprint density at radius 2 is 1.77 bits per heavy atom. The third-order valence-electron chi connectivity index (χ3n) is 6.89. The van der Waals surface area contributed by atoms with Crippen LogP contribution < -0.4 is 20.1 Å². The molecule has 2 heterocycles. The van der Waals surface area contributed by atoms with E-state index < -0.39 is 5.54 Å². The maximum Gasteiger partial charge on any atom is 0.227 e. The molecule has 0 saturated heterocycles. The zero-order chi connectivity index (χ0) is 24.9. The average Bonchev–Trinajstić information content (AvgIpc) is 3.21. The van der Waals surface area contributed by atoms with Crippen LogP contribution in [0.3, 0.4) is 0 Å². The fourth-order valence-electron chi connectivity index (χ4n) is 4.82. The lowest BCUT2D eigenvalue weighted by molar-refractivity contribution is -0.122. The van der Waals surface area contributed by atoms with Crippen molar-refractivity contribution in [2.45, 2.75) is 83.1 Å². The van der Waals surface area contributed by atoms with E-state index in [4.69, 9.17) is 14.0 Å². The van der Waals surface area contributed by atoms with Crippen molar-refractivity contribution in [2.24, 2.45) is 0 Å². The molecule has 2 aromatic rings. The van der Waals surface area contributed by atoms with E-state index in [9.17, 15) is 9.59 Å². The fourth-order valence-corrected chi connectivity index (χ4v) is 4.82. The Kier molecular flexibility index (Phi) is 7.62. The number of amides is 2. The number of carbonyl (C=O) groups excluding carboxylic acids is 2. The van der Waals surface area contributed by atoms with Gasteiger partial charge >= 0.3 is 0 Å². The highest BCUT2D eigenvalue weighted by molar-refractivity contribution is 5.76. The standard InChI is InChI=1S/C26H36N4O5/c1-18(31)29-26(12-6-4-5-7-13-26)24-28-23(35-30-24)11-10-22(32)27-17-25(2,3)19-8-9-20-21(16-19)34-15-14-33-20/h8-9,16H,4-7,10-15,17H2,1-3H3,(H,27,32)(H,29,31). The minimum Gasteiger partial charge on any atom is -0.486 e. The molecule has 1 aliphatic heterocycles. The fraction of sp³-hybridized carbons (Fsp3) is 0.615. The van der Waals surface area contributed by atoms with Crippen LogP contribution in [0.15, 0.2) is 22.7 Å². The zero-order valence-electron chi connectivity index (χ0n) is 20.9. The van der Waals surface area contributed by atoms with Gasteiger partial charge in [-0.15, -0.1) is 0 Å². The summed E-state index contributed by atoms with van der Waals surface area (Å²) in [5.74, 6) is 2.24. The molecule has 1 aliphatic carbocycles. The minimum absolute atomic E-state index is 0.0820. The van der Waals surface area contributed by atoms with E-state index in [0.29, 0.717) is 37.9 Å². The second kappa shape index (κ2) is 10.7. The molecular formula is C26H36N4O5. The molecule has 0 bridgehead atoms. The lowest BCUT2D eigenvalue weighted by atomic mass is 9.84. The van der Waals surface area contributed by atoms with Gasteiger partial charge in [0.2, 0.25) is 17.7 Å². The van der Waals surface area contributed by atoms with Crippen molar-refractivity contribution in [3.05, 3.63) is 35.5 Å². The zero-order valence-corrected chi connectivity index (χ0v) is 20.9. The van der Waals surface area contributed by atoms with E-state index in [0.717, 1.165) is 55.6 Å². The highest BCUT2D eigenvalue weighted by atomic mass is 16.6. The molecular weight excluding hydrogens is 448 g/mol. The summed E-state index contributed by atoms with van der Waals surface area (Å²) in [4.78, 5) is 29.0. The summed E-state index contributed by atoms with van der Waals surface area (Å²) in [6.45, 7) is 7.25. The van der Waals surface area contributed by atoms with Crippen molar-refractivity contribution < 1.29 is 23.6 Å². The summed E-state index contributed by atoms with van der Waals surface area (Å²) in [6, 6.07) is 5.92. The molecule has 0 unspecified atom stereocenters. The van der Waals surface area contributed by atoms with Crippen molar-refractivity contribution in [3.63, 3.8) is 0 Å². The molecule has 2 aliphatic rings. The van der Waals surface area contributed by atoms with Gasteiger partial charge in [0.05, 0.1) is 0 Å². The average molecular weight is 485 g/mol. The number of fused-ring (bicyclic) bond motifs is 1. The van der Waals surface area contributed by atoms with Gasteiger partial charge in [-0.1, -0.05) is 50.8 Å². The van der Waals surface area contributed by atoms with Crippen LogP contribution in [0.4, 0.5) is 0 Å². The number of nitrogens with one attached hydrogen (secondary N) is 2. The molecule has 1 saturated carbocycles. The summed E-state index contributed by atoms with van der Waals surface area (Å²) in [6.07, 6.45) is 6.45. The maximum absolute atomic E-state index is 12.6. The van der Waals surface area contributed by atoms with Gasteiger partial charge in [-0.05, 0) is 30.5 Å². The predicted octanol–water partition coefficient (Wildman–Crippen LogP) is 3.55. The number of benzene rings is 1. The Labute approximate surface area is 206 Å². The number of nitrogens with zero attached hydrogens (tertiary/aromatic N) is 2. The molecule has 0 atom stereocenters. The SMILES string of the molecule is CC(=O)NC1(c2noc(CCC(=O)NCC(C)(C)c3ccc4c(c3)OCCO4)n2)CCCCCC1. The van der Waals surface area contributed by atoms with Gasteiger partial charge in [-0.2, -0.15) is 4.98 Å². The molecule has 1 fully saturated rings. The van der Waals surface area contributed by atoms with Crippen molar-refractivity contribution in [1.82, 2.24) is 20.8 Å². The molecule has 9 nitrogen and oxygen atoms in total. The van der Waals surface area contributed by atoms with Crippen LogP contribution in [-0.4, -0.2) is 41.7 Å². The Balaban J connectivity index is 1.32. The predicted molar refractivity (Wildman–Crippen MR) is 129 cm³/mol. The van der Waals surface area contributed by atoms with Gasteiger partial charge in [-0.25, -0.2) is 0 Å². The first kappa shape index (κ1) is 25.0. The Morgan fingerprint density at radius 1 is 1.06 bits per heavy atom. The molecule has 190 valence electrons. The number of rotatable bonds is 8. The van der Waals surface area contributed by atoms with E-state index in [1.54, 1.807) is 0 Å². The second-order valence-electron chi connectivity index (χ2n) is 10.2. The first-order valence-corrected chi connectivity index (χ1v) is 12.6. The molecule has 0 radical (unpaired) electrons. The van der Waals surface area contributed by atoms with Crippen molar-refractivity contribution in [1.29, 1.82) is 0 Å². The van der Waals surface area contributed by atoms with E-state index in [1.807, 2.05) is 18.2 Å². The largest absolute Gasteiger partial charge is 0.486 e. The van der Waals surface area contributed by atoms with Crippen LogP contribution in [0.1, 0.15) is 83.0 Å². The third kappa shape index (κ3) is 6.13. The molecule has 1 aromatic carbocycles. The summed E-state index contributed by atoms with van der Waals surface area (Å²) in [7, 11) is 0. The number of aromatic nitrogens is 2. The molecule has 4 rings (SSSR count). The lowest BCUT2D eigenvalue weighted by Gasteiger charge is -2.30. The van der Waals surface area contributed by atoms with Gasteiger partial charge in [-0.3, -0.25) is 9.59 Å². The quantitative estimate of drug-likeness (QED) is 0.551. The van der Waals surface area contributed by atoms with E-state index in [1.165, 1.54) is 6.92 Å². The Hall–Kier alpha value is -3.10. The Bertz CT molecular complexity index is 1040.